The van der Waals surface area contributed by atoms with Crippen LogP contribution in [0.25, 0.3) is 0 Å². The van der Waals surface area contributed by atoms with Crippen LogP contribution in [0.3, 0.4) is 0 Å². The van der Waals surface area contributed by atoms with E-state index in [1.807, 2.05) is 6.92 Å². The molecule has 1 heterocycles. The number of carbonyl (C=O) groups is 2. The first-order valence-electron chi connectivity index (χ1n) is 8.68. The fourth-order valence-corrected chi connectivity index (χ4v) is 2.53. The molecule has 0 saturated carbocycles. The van der Waals surface area contributed by atoms with E-state index in [1.165, 1.54) is 65.3 Å². The molecule has 3 aromatic rings. The molecule has 0 radical (unpaired) electrons. The summed E-state index contributed by atoms with van der Waals surface area (Å²) in [4.78, 5) is 36.3. The van der Waals surface area contributed by atoms with Crippen LogP contribution in [0.2, 0.25) is 0 Å². The van der Waals surface area contributed by atoms with E-state index in [0.717, 1.165) is 0 Å². The smallest absolute Gasteiger partial charge is 0.364 e. The highest BCUT2D eigenvalue weighted by molar-refractivity contribution is 6.09. The second kappa shape index (κ2) is 8.39. The number of halogens is 1. The fraction of sp³-hybridized carbons (Fsp3) is 0.143. The minimum atomic E-state index is -0.706. The first-order valence-corrected chi connectivity index (χ1v) is 8.68. The molecule has 6 nitrogen and oxygen atoms in total. The van der Waals surface area contributed by atoms with Gasteiger partial charge in [-0.3, -0.25) is 9.59 Å². The van der Waals surface area contributed by atoms with Gasteiger partial charge in [0, 0.05) is 23.7 Å². The SMILES string of the molecule is CCCn1nc(C(=O)Oc2ccc(C(=O)c3ccc(F)cc3)cc2)ccc1=O. The molecule has 0 aliphatic heterocycles. The van der Waals surface area contributed by atoms with Crippen LogP contribution in [0.1, 0.15) is 39.8 Å². The Bertz CT molecular complexity index is 1060. The van der Waals surface area contributed by atoms with Crippen molar-refractivity contribution in [1.29, 1.82) is 0 Å². The Morgan fingerprint density at radius 1 is 0.964 bits per heavy atom. The van der Waals surface area contributed by atoms with Crippen molar-refractivity contribution in [3.8, 4) is 5.75 Å². The number of aromatic nitrogens is 2. The van der Waals surface area contributed by atoms with Crippen molar-refractivity contribution in [2.75, 3.05) is 0 Å². The third-order valence-electron chi connectivity index (χ3n) is 3.94. The van der Waals surface area contributed by atoms with E-state index in [-0.39, 0.29) is 22.8 Å². The average Bonchev–Trinajstić information content (AvgIpc) is 2.70. The Labute approximate surface area is 160 Å². The van der Waals surface area contributed by atoms with Crippen molar-refractivity contribution in [2.45, 2.75) is 19.9 Å². The topological polar surface area (TPSA) is 78.3 Å². The number of nitrogens with zero attached hydrogens (tertiary/aromatic N) is 2. The van der Waals surface area contributed by atoms with E-state index >= 15 is 0 Å². The zero-order chi connectivity index (χ0) is 20.1. The lowest BCUT2D eigenvalue weighted by atomic mass is 10.0. The molecule has 0 spiro atoms. The lowest BCUT2D eigenvalue weighted by Crippen LogP contribution is -2.25. The Kier molecular flexibility index (Phi) is 5.74. The standard InChI is InChI=1S/C21H17FN2O4/c1-2-13-24-19(25)12-11-18(23-24)21(27)28-17-9-5-15(6-10-17)20(26)14-3-7-16(22)8-4-14/h3-12H,2,13H2,1H3. The van der Waals surface area contributed by atoms with Crippen molar-refractivity contribution >= 4 is 11.8 Å². The maximum absolute atomic E-state index is 13.0. The van der Waals surface area contributed by atoms with E-state index in [0.29, 0.717) is 24.1 Å². The molecule has 0 atom stereocenters. The summed E-state index contributed by atoms with van der Waals surface area (Å²) in [5, 5.41) is 4.00. The largest absolute Gasteiger partial charge is 0.422 e. The minimum absolute atomic E-state index is 0.0134. The van der Waals surface area contributed by atoms with Crippen molar-refractivity contribution < 1.29 is 18.7 Å². The Hall–Kier alpha value is -3.61. The molecule has 142 valence electrons. The zero-order valence-corrected chi connectivity index (χ0v) is 15.1. The number of aryl methyl sites for hydroxylation is 1. The monoisotopic (exact) mass is 380 g/mol. The molecule has 0 unspecified atom stereocenters. The van der Waals surface area contributed by atoms with Crippen LogP contribution in [0.5, 0.6) is 5.75 Å². The molecule has 0 amide bonds. The number of ketones is 1. The quantitative estimate of drug-likeness (QED) is 0.373. The summed E-state index contributed by atoms with van der Waals surface area (Å²) in [6, 6.07) is 13.8. The maximum Gasteiger partial charge on any atom is 0.364 e. The second-order valence-corrected chi connectivity index (χ2v) is 6.03. The van der Waals surface area contributed by atoms with E-state index in [4.69, 9.17) is 4.74 Å². The molecule has 3 rings (SSSR count). The predicted octanol–water partition coefficient (Wildman–Crippen LogP) is 3.24. The van der Waals surface area contributed by atoms with E-state index in [1.54, 1.807) is 0 Å². The molecular formula is C21H17FN2O4. The molecule has 0 aliphatic rings. The number of benzene rings is 2. The number of carbonyl (C=O) groups excluding carboxylic acids is 2. The molecule has 0 N–H and O–H groups in total. The van der Waals surface area contributed by atoms with Crippen LogP contribution in [-0.4, -0.2) is 21.5 Å². The Morgan fingerprint density at radius 3 is 2.18 bits per heavy atom. The molecule has 2 aromatic carbocycles. The van der Waals surface area contributed by atoms with Crippen LogP contribution in [0.4, 0.5) is 4.39 Å². The van der Waals surface area contributed by atoms with Gasteiger partial charge in [-0.25, -0.2) is 13.9 Å². The maximum atomic E-state index is 13.0. The highest BCUT2D eigenvalue weighted by Crippen LogP contribution is 2.17. The zero-order valence-electron chi connectivity index (χ0n) is 15.1. The molecule has 28 heavy (non-hydrogen) atoms. The van der Waals surface area contributed by atoms with Gasteiger partial charge in [-0.15, -0.1) is 0 Å². The first kappa shape index (κ1) is 19.2. The summed E-state index contributed by atoms with van der Waals surface area (Å²) in [6.07, 6.45) is 0.703. The van der Waals surface area contributed by atoms with Gasteiger partial charge in [0.1, 0.15) is 11.6 Å². The normalized spacial score (nSPS) is 10.5. The molecule has 7 heteroatoms. The highest BCUT2D eigenvalue weighted by atomic mass is 19.1. The van der Waals surface area contributed by atoms with Gasteiger partial charge in [0.25, 0.3) is 5.56 Å². The average molecular weight is 380 g/mol. The highest BCUT2D eigenvalue weighted by Gasteiger charge is 2.14. The van der Waals surface area contributed by atoms with E-state index in [2.05, 4.69) is 5.10 Å². The van der Waals surface area contributed by atoms with Crippen molar-refractivity contribution in [1.82, 2.24) is 9.78 Å². The van der Waals surface area contributed by atoms with Crippen LogP contribution >= 0.6 is 0 Å². The van der Waals surface area contributed by atoms with Crippen molar-refractivity contribution in [3.63, 3.8) is 0 Å². The van der Waals surface area contributed by atoms with Gasteiger partial charge in [-0.2, -0.15) is 5.10 Å². The van der Waals surface area contributed by atoms with Gasteiger partial charge < -0.3 is 4.74 Å². The summed E-state index contributed by atoms with van der Waals surface area (Å²) < 4.78 is 19.4. The number of rotatable bonds is 6. The van der Waals surface area contributed by atoms with Gasteiger partial charge in [-0.1, -0.05) is 6.92 Å². The molecule has 0 saturated heterocycles. The van der Waals surface area contributed by atoms with Gasteiger partial charge in [0.15, 0.2) is 11.5 Å². The molecule has 0 bridgehead atoms. The summed E-state index contributed by atoms with van der Waals surface area (Å²) in [5.74, 6) is -1.16. The fourth-order valence-electron chi connectivity index (χ4n) is 2.53. The predicted molar refractivity (Wildman–Crippen MR) is 100 cm³/mol. The lowest BCUT2D eigenvalue weighted by Gasteiger charge is -2.07. The molecule has 0 aliphatic carbocycles. The Balaban J connectivity index is 1.72. The van der Waals surface area contributed by atoms with Crippen LogP contribution in [0, 0.1) is 5.82 Å². The molecule has 0 fully saturated rings. The van der Waals surface area contributed by atoms with Gasteiger partial charge in [-0.05, 0) is 61.0 Å². The third kappa shape index (κ3) is 4.37. The molecule has 1 aromatic heterocycles. The van der Waals surface area contributed by atoms with Crippen LogP contribution in [-0.2, 0) is 6.54 Å². The first-order chi connectivity index (χ1) is 13.5. The van der Waals surface area contributed by atoms with Gasteiger partial charge >= 0.3 is 5.97 Å². The molecular weight excluding hydrogens is 363 g/mol. The van der Waals surface area contributed by atoms with Crippen molar-refractivity contribution in [2.24, 2.45) is 0 Å². The number of hydrogen-bond donors (Lipinski definition) is 0. The second-order valence-electron chi connectivity index (χ2n) is 6.03. The lowest BCUT2D eigenvalue weighted by molar-refractivity contribution is 0.0725. The van der Waals surface area contributed by atoms with Crippen molar-refractivity contribution in [3.05, 3.63) is 93.7 Å². The van der Waals surface area contributed by atoms with Crippen LogP contribution < -0.4 is 10.3 Å². The van der Waals surface area contributed by atoms with Gasteiger partial charge in [0.2, 0.25) is 0 Å². The summed E-state index contributed by atoms with van der Waals surface area (Å²) >= 11 is 0. The number of hydrogen-bond acceptors (Lipinski definition) is 5. The summed E-state index contributed by atoms with van der Waals surface area (Å²) in [5.41, 5.74) is 0.455. The third-order valence-corrected chi connectivity index (χ3v) is 3.94. The van der Waals surface area contributed by atoms with Gasteiger partial charge in [0.05, 0.1) is 0 Å². The van der Waals surface area contributed by atoms with E-state index < -0.39 is 11.8 Å². The summed E-state index contributed by atoms with van der Waals surface area (Å²) in [7, 11) is 0. The minimum Gasteiger partial charge on any atom is -0.422 e. The number of esters is 1. The Morgan fingerprint density at radius 2 is 1.57 bits per heavy atom. The summed E-state index contributed by atoms with van der Waals surface area (Å²) in [6.45, 7) is 2.30. The number of ether oxygens (including phenoxy) is 1. The van der Waals surface area contributed by atoms with E-state index in [9.17, 15) is 18.8 Å². The van der Waals surface area contributed by atoms with Crippen LogP contribution in [0.15, 0.2) is 65.5 Å².